The van der Waals surface area contributed by atoms with E-state index in [1.54, 1.807) is 0 Å². The number of nitrogens with one attached hydrogen (secondary N) is 1. The zero-order valence-electron chi connectivity index (χ0n) is 19.9. The number of piperidine rings is 1. The number of nitrogens with zero attached hydrogens (tertiary/aromatic N) is 1. The Labute approximate surface area is 205 Å². The molecule has 2 amide bonds. The van der Waals surface area contributed by atoms with Crippen molar-refractivity contribution in [2.45, 2.75) is 32.2 Å². The molecule has 2 heterocycles. The average Bonchev–Trinajstić information content (AvgIpc) is 3.35. The second kappa shape index (κ2) is 10.2. The van der Waals surface area contributed by atoms with Crippen LogP contribution in [0.1, 0.15) is 34.6 Å². The molecular weight excluding hydrogens is 440 g/mol. The maximum Gasteiger partial charge on any atom is 0.231 e. The van der Waals surface area contributed by atoms with Gasteiger partial charge in [-0.2, -0.15) is 0 Å². The van der Waals surface area contributed by atoms with Crippen molar-refractivity contribution in [2.75, 3.05) is 19.9 Å². The lowest BCUT2D eigenvalue weighted by atomic mass is 9.83. The number of carbonyl (C=O) groups excluding carboxylic acids is 2. The number of hydrogen-bond donors (Lipinski definition) is 1. The number of amides is 2. The second-order valence-corrected chi connectivity index (χ2v) is 9.41. The van der Waals surface area contributed by atoms with Gasteiger partial charge < -0.3 is 19.7 Å². The van der Waals surface area contributed by atoms with Crippen LogP contribution >= 0.6 is 0 Å². The fraction of sp³-hybridized carbons (Fsp3) is 0.310. The van der Waals surface area contributed by atoms with Crippen LogP contribution in [0.3, 0.4) is 0 Å². The number of ether oxygens (including phenoxy) is 2. The first-order chi connectivity index (χ1) is 17.0. The molecule has 2 unspecified atom stereocenters. The van der Waals surface area contributed by atoms with Gasteiger partial charge in [0.1, 0.15) is 0 Å². The summed E-state index contributed by atoms with van der Waals surface area (Å²) in [4.78, 5) is 28.4. The van der Waals surface area contributed by atoms with Crippen LogP contribution < -0.4 is 14.8 Å². The third-order valence-electron chi connectivity index (χ3n) is 6.79. The van der Waals surface area contributed by atoms with Gasteiger partial charge >= 0.3 is 0 Å². The van der Waals surface area contributed by atoms with Gasteiger partial charge in [0, 0.05) is 25.6 Å². The number of rotatable bonds is 6. The summed E-state index contributed by atoms with van der Waals surface area (Å²) in [7, 11) is 0. The fourth-order valence-corrected chi connectivity index (χ4v) is 4.92. The lowest BCUT2D eigenvalue weighted by Crippen LogP contribution is -2.48. The van der Waals surface area contributed by atoms with E-state index < -0.39 is 0 Å². The highest BCUT2D eigenvalue weighted by Crippen LogP contribution is 2.33. The topological polar surface area (TPSA) is 67.9 Å². The van der Waals surface area contributed by atoms with Crippen LogP contribution in [0, 0.1) is 12.8 Å². The number of fused-ring (bicyclic) bond motifs is 1. The Morgan fingerprint density at radius 3 is 2.57 bits per heavy atom. The van der Waals surface area contributed by atoms with Crippen molar-refractivity contribution >= 4 is 11.8 Å². The minimum Gasteiger partial charge on any atom is -0.454 e. The smallest absolute Gasteiger partial charge is 0.231 e. The van der Waals surface area contributed by atoms with Crippen molar-refractivity contribution in [3.05, 3.63) is 95.1 Å². The van der Waals surface area contributed by atoms with Gasteiger partial charge in [-0.05, 0) is 42.2 Å². The number of likely N-dealkylation sites (tertiary alicyclic amines) is 1. The Hall–Kier alpha value is -3.80. The summed E-state index contributed by atoms with van der Waals surface area (Å²) < 4.78 is 10.8. The molecule has 3 aromatic carbocycles. The molecular formula is C29H30N2O4. The van der Waals surface area contributed by atoms with E-state index in [1.807, 2.05) is 59.5 Å². The summed E-state index contributed by atoms with van der Waals surface area (Å²) in [5.74, 6) is 1.29. The molecule has 5 rings (SSSR count). The molecule has 0 spiro atoms. The van der Waals surface area contributed by atoms with Crippen LogP contribution in [0.15, 0.2) is 72.8 Å². The highest BCUT2D eigenvalue weighted by molar-refractivity contribution is 5.82. The molecule has 0 aliphatic carbocycles. The quantitative estimate of drug-likeness (QED) is 0.586. The van der Waals surface area contributed by atoms with Crippen LogP contribution in [0.25, 0.3) is 0 Å². The Morgan fingerprint density at radius 1 is 0.914 bits per heavy atom. The molecule has 6 nitrogen and oxygen atoms in total. The minimum absolute atomic E-state index is 0.0301. The lowest BCUT2D eigenvalue weighted by molar-refractivity contribution is -0.135. The largest absolute Gasteiger partial charge is 0.454 e. The highest BCUT2D eigenvalue weighted by Gasteiger charge is 2.34. The lowest BCUT2D eigenvalue weighted by Gasteiger charge is -2.37. The van der Waals surface area contributed by atoms with E-state index in [0.29, 0.717) is 38.2 Å². The van der Waals surface area contributed by atoms with Crippen molar-refractivity contribution in [1.82, 2.24) is 10.2 Å². The van der Waals surface area contributed by atoms with Crippen LogP contribution in [0.5, 0.6) is 11.5 Å². The number of hydrogen-bond acceptors (Lipinski definition) is 4. The van der Waals surface area contributed by atoms with Crippen LogP contribution in [-0.4, -0.2) is 36.6 Å². The zero-order valence-corrected chi connectivity index (χ0v) is 19.9. The van der Waals surface area contributed by atoms with Gasteiger partial charge in [0.15, 0.2) is 11.5 Å². The fourth-order valence-electron chi connectivity index (χ4n) is 4.92. The maximum absolute atomic E-state index is 13.3. The molecule has 1 N–H and O–H groups in total. The monoisotopic (exact) mass is 470 g/mol. The van der Waals surface area contributed by atoms with Crippen molar-refractivity contribution in [3.8, 4) is 11.5 Å². The Balaban J connectivity index is 1.30. The normalized spacial score (nSPS) is 18.8. The molecule has 0 radical (unpaired) electrons. The number of benzene rings is 3. The zero-order chi connectivity index (χ0) is 24.2. The molecule has 2 atom stereocenters. The summed E-state index contributed by atoms with van der Waals surface area (Å²) in [5.41, 5.74) is 4.29. The van der Waals surface area contributed by atoms with Gasteiger partial charge in [0.05, 0.1) is 12.3 Å². The van der Waals surface area contributed by atoms with Gasteiger partial charge in [-0.3, -0.25) is 9.59 Å². The van der Waals surface area contributed by atoms with E-state index in [0.717, 1.165) is 16.9 Å². The van der Waals surface area contributed by atoms with Gasteiger partial charge in [0.25, 0.3) is 0 Å². The molecule has 0 saturated carbocycles. The summed E-state index contributed by atoms with van der Waals surface area (Å²) in [6.07, 6.45) is 1.05. The molecule has 0 bridgehead atoms. The van der Waals surface area contributed by atoms with Crippen molar-refractivity contribution in [1.29, 1.82) is 0 Å². The summed E-state index contributed by atoms with van der Waals surface area (Å²) >= 11 is 0. The molecule has 6 heteroatoms. The van der Waals surface area contributed by atoms with E-state index in [1.165, 1.54) is 11.1 Å². The van der Waals surface area contributed by atoms with E-state index in [9.17, 15) is 9.59 Å². The average molecular weight is 471 g/mol. The minimum atomic E-state index is -0.275. The molecule has 2 aliphatic heterocycles. The SMILES string of the molecule is Cc1cccc(C2CC(C(=O)NCc3ccc4c(c3)OCO4)CN(C(=O)Cc3ccccc3)C2)c1. The van der Waals surface area contributed by atoms with Gasteiger partial charge in [-0.15, -0.1) is 0 Å². The predicted molar refractivity (Wildman–Crippen MR) is 133 cm³/mol. The molecule has 35 heavy (non-hydrogen) atoms. The van der Waals surface area contributed by atoms with E-state index in [2.05, 4.69) is 30.4 Å². The number of carbonyl (C=O) groups is 2. The van der Waals surface area contributed by atoms with Crippen LogP contribution in [0.2, 0.25) is 0 Å². The third-order valence-corrected chi connectivity index (χ3v) is 6.79. The third kappa shape index (κ3) is 5.48. The Morgan fingerprint density at radius 2 is 1.74 bits per heavy atom. The molecule has 2 aliphatic rings. The first-order valence-electron chi connectivity index (χ1n) is 12.1. The predicted octanol–water partition coefficient (Wildman–Crippen LogP) is 4.21. The molecule has 0 aromatic heterocycles. The molecule has 3 aromatic rings. The van der Waals surface area contributed by atoms with Crippen LogP contribution in [0.4, 0.5) is 0 Å². The second-order valence-electron chi connectivity index (χ2n) is 9.41. The van der Waals surface area contributed by atoms with Crippen molar-refractivity contribution in [2.24, 2.45) is 5.92 Å². The van der Waals surface area contributed by atoms with Crippen molar-refractivity contribution in [3.63, 3.8) is 0 Å². The van der Waals surface area contributed by atoms with E-state index in [4.69, 9.17) is 9.47 Å². The van der Waals surface area contributed by atoms with Gasteiger partial charge in [0.2, 0.25) is 18.6 Å². The molecule has 1 fully saturated rings. The van der Waals surface area contributed by atoms with Crippen molar-refractivity contribution < 1.29 is 19.1 Å². The van der Waals surface area contributed by atoms with E-state index in [-0.39, 0.29) is 30.4 Å². The first-order valence-corrected chi connectivity index (χ1v) is 12.1. The summed E-state index contributed by atoms with van der Waals surface area (Å²) in [5, 5.41) is 3.08. The molecule has 1 saturated heterocycles. The first kappa shape index (κ1) is 23.0. The van der Waals surface area contributed by atoms with E-state index >= 15 is 0 Å². The Kier molecular flexibility index (Phi) is 6.70. The number of aryl methyl sites for hydroxylation is 1. The maximum atomic E-state index is 13.3. The standard InChI is InChI=1S/C29H30N2O4/c1-20-6-5-9-23(12-20)24-15-25(18-31(17-24)28(32)14-21-7-3-2-4-8-21)29(33)30-16-22-10-11-26-27(13-22)35-19-34-26/h2-13,24-25H,14-19H2,1H3,(H,30,33). The summed E-state index contributed by atoms with van der Waals surface area (Å²) in [6.45, 7) is 3.75. The summed E-state index contributed by atoms with van der Waals surface area (Å²) in [6, 6.07) is 23.8. The molecule has 180 valence electrons. The van der Waals surface area contributed by atoms with Gasteiger partial charge in [-0.1, -0.05) is 66.2 Å². The Bertz CT molecular complexity index is 1210. The highest BCUT2D eigenvalue weighted by atomic mass is 16.7. The van der Waals surface area contributed by atoms with Crippen LogP contribution in [-0.2, 0) is 22.6 Å². The van der Waals surface area contributed by atoms with Gasteiger partial charge in [-0.25, -0.2) is 0 Å².